The first kappa shape index (κ1) is 17.0. The molecule has 1 atom stereocenters. The zero-order chi connectivity index (χ0) is 16.2. The van der Waals surface area contributed by atoms with Crippen LogP contribution in [0.3, 0.4) is 0 Å². The molecule has 1 aliphatic heterocycles. The van der Waals surface area contributed by atoms with Crippen LogP contribution in [0.25, 0.3) is 0 Å². The summed E-state index contributed by atoms with van der Waals surface area (Å²) >= 11 is 0. The van der Waals surface area contributed by atoms with E-state index >= 15 is 0 Å². The summed E-state index contributed by atoms with van der Waals surface area (Å²) < 4.78 is 23.1. The van der Waals surface area contributed by atoms with E-state index in [0.29, 0.717) is 6.42 Å². The molecule has 1 saturated heterocycles. The van der Waals surface area contributed by atoms with Gasteiger partial charge in [-0.1, -0.05) is 13.8 Å². The maximum Gasteiger partial charge on any atom is 0.227 e. The Morgan fingerprint density at radius 2 is 1.95 bits per heavy atom. The molecular formula is C15H26N4O2S. The van der Waals surface area contributed by atoms with Crippen LogP contribution >= 0.6 is 0 Å². The number of nitrogens with one attached hydrogen (secondary N) is 1. The van der Waals surface area contributed by atoms with E-state index in [1.54, 1.807) is 0 Å². The second-order valence-corrected chi connectivity index (χ2v) is 8.15. The molecule has 2 heterocycles. The van der Waals surface area contributed by atoms with Crippen molar-refractivity contribution in [2.24, 2.45) is 0 Å². The predicted octanol–water partition coefficient (Wildman–Crippen LogP) is 2.01. The molecule has 0 radical (unpaired) electrons. The molecule has 1 N–H and O–H groups in total. The third-order valence-corrected chi connectivity index (χ3v) is 5.46. The molecule has 0 amide bonds. The van der Waals surface area contributed by atoms with Crippen LogP contribution in [0, 0.1) is 6.92 Å². The molecule has 7 heteroatoms. The van der Waals surface area contributed by atoms with Crippen LogP contribution in [0.1, 0.15) is 38.8 Å². The SMILES string of the molecule is CCCN(CCC)c1nc(C)cc(NC2CCS(=O)(=O)C2)n1. The lowest BCUT2D eigenvalue weighted by atomic mass is 10.2. The Morgan fingerprint density at radius 1 is 1.27 bits per heavy atom. The summed E-state index contributed by atoms with van der Waals surface area (Å²) in [6, 6.07) is 1.84. The molecule has 2 rings (SSSR count). The number of hydrogen-bond donors (Lipinski definition) is 1. The molecule has 0 spiro atoms. The Hall–Kier alpha value is -1.37. The van der Waals surface area contributed by atoms with Gasteiger partial charge in [-0.15, -0.1) is 0 Å². The highest BCUT2D eigenvalue weighted by Crippen LogP contribution is 2.19. The highest BCUT2D eigenvalue weighted by molar-refractivity contribution is 7.91. The first-order valence-corrected chi connectivity index (χ1v) is 9.83. The number of rotatable bonds is 7. The second-order valence-electron chi connectivity index (χ2n) is 5.93. The van der Waals surface area contributed by atoms with Crippen molar-refractivity contribution in [2.45, 2.75) is 46.1 Å². The minimum absolute atomic E-state index is 0.0436. The van der Waals surface area contributed by atoms with Crippen LogP contribution in [0.15, 0.2) is 6.07 Å². The van der Waals surface area contributed by atoms with Crippen LogP contribution in [0.2, 0.25) is 0 Å². The van der Waals surface area contributed by atoms with Crippen molar-refractivity contribution in [3.05, 3.63) is 11.8 Å². The van der Waals surface area contributed by atoms with Gasteiger partial charge in [-0.3, -0.25) is 0 Å². The first-order chi connectivity index (χ1) is 10.4. The van der Waals surface area contributed by atoms with Crippen molar-refractivity contribution in [2.75, 3.05) is 34.8 Å². The molecule has 0 aliphatic carbocycles. The Kier molecular flexibility index (Phi) is 5.61. The zero-order valence-corrected chi connectivity index (χ0v) is 14.5. The Morgan fingerprint density at radius 3 is 2.50 bits per heavy atom. The summed E-state index contributed by atoms with van der Waals surface area (Å²) in [5.74, 6) is 1.91. The maximum atomic E-state index is 11.6. The van der Waals surface area contributed by atoms with Crippen LogP contribution in [-0.4, -0.2) is 49.0 Å². The lowest BCUT2D eigenvalue weighted by Gasteiger charge is -2.23. The number of aryl methyl sites for hydroxylation is 1. The van der Waals surface area contributed by atoms with Gasteiger partial charge in [-0.2, -0.15) is 4.98 Å². The van der Waals surface area contributed by atoms with Crippen LogP contribution in [0.5, 0.6) is 0 Å². The number of nitrogens with zero attached hydrogens (tertiary/aromatic N) is 3. The molecule has 1 aliphatic rings. The number of sulfone groups is 1. The number of hydrogen-bond acceptors (Lipinski definition) is 6. The second kappa shape index (κ2) is 7.26. The minimum Gasteiger partial charge on any atom is -0.366 e. The fraction of sp³-hybridized carbons (Fsp3) is 0.733. The summed E-state index contributed by atoms with van der Waals surface area (Å²) in [5, 5.41) is 3.26. The van der Waals surface area contributed by atoms with Gasteiger partial charge in [-0.25, -0.2) is 13.4 Å². The summed E-state index contributed by atoms with van der Waals surface area (Å²) in [6.07, 6.45) is 2.73. The van der Waals surface area contributed by atoms with E-state index in [9.17, 15) is 8.42 Å². The number of anilines is 2. The van der Waals surface area contributed by atoms with Gasteiger partial charge in [0.1, 0.15) is 5.82 Å². The standard InChI is InChI=1S/C15H26N4O2S/c1-4-7-19(8-5-2)15-16-12(3)10-14(18-15)17-13-6-9-22(20,21)11-13/h10,13H,4-9,11H2,1-3H3,(H,16,17,18). The Balaban J connectivity index is 2.15. The Labute approximate surface area is 133 Å². The van der Waals surface area contributed by atoms with Gasteiger partial charge in [-0.05, 0) is 26.2 Å². The van der Waals surface area contributed by atoms with Gasteiger partial charge in [0.15, 0.2) is 9.84 Å². The van der Waals surface area contributed by atoms with Crippen molar-refractivity contribution >= 4 is 21.6 Å². The van der Waals surface area contributed by atoms with Gasteiger partial charge >= 0.3 is 0 Å². The van der Waals surface area contributed by atoms with Gasteiger partial charge in [0.05, 0.1) is 11.5 Å². The van der Waals surface area contributed by atoms with E-state index < -0.39 is 9.84 Å². The highest BCUT2D eigenvalue weighted by atomic mass is 32.2. The predicted molar refractivity (Wildman–Crippen MR) is 90.2 cm³/mol. The molecule has 1 fully saturated rings. The third kappa shape index (κ3) is 4.56. The summed E-state index contributed by atoms with van der Waals surface area (Å²) in [6.45, 7) is 8.07. The summed E-state index contributed by atoms with van der Waals surface area (Å²) in [4.78, 5) is 11.3. The lowest BCUT2D eigenvalue weighted by molar-refractivity contribution is 0.602. The fourth-order valence-corrected chi connectivity index (χ4v) is 4.41. The van der Waals surface area contributed by atoms with Gasteiger partial charge in [0.25, 0.3) is 0 Å². The summed E-state index contributed by atoms with van der Waals surface area (Å²) in [7, 11) is -2.89. The molecule has 1 aromatic rings. The normalized spacial score (nSPS) is 20.0. The van der Waals surface area contributed by atoms with E-state index in [1.807, 2.05) is 13.0 Å². The Bertz CT molecular complexity index is 598. The van der Waals surface area contributed by atoms with E-state index in [0.717, 1.165) is 43.4 Å². The molecule has 0 bridgehead atoms. The van der Waals surface area contributed by atoms with E-state index in [2.05, 4.69) is 34.0 Å². The monoisotopic (exact) mass is 326 g/mol. The van der Waals surface area contributed by atoms with Gasteiger partial charge < -0.3 is 10.2 Å². The molecular weight excluding hydrogens is 300 g/mol. The van der Waals surface area contributed by atoms with Crippen LogP contribution in [0.4, 0.5) is 11.8 Å². The molecule has 6 nitrogen and oxygen atoms in total. The molecule has 1 aromatic heterocycles. The molecule has 0 saturated carbocycles. The lowest BCUT2D eigenvalue weighted by Crippen LogP contribution is -2.28. The van der Waals surface area contributed by atoms with E-state index in [4.69, 9.17) is 0 Å². The van der Waals surface area contributed by atoms with Crippen molar-refractivity contribution < 1.29 is 8.42 Å². The quantitative estimate of drug-likeness (QED) is 0.826. The van der Waals surface area contributed by atoms with Crippen LogP contribution in [-0.2, 0) is 9.84 Å². The largest absolute Gasteiger partial charge is 0.366 e. The highest BCUT2D eigenvalue weighted by Gasteiger charge is 2.28. The molecule has 22 heavy (non-hydrogen) atoms. The average Bonchev–Trinajstić information content (AvgIpc) is 2.77. The third-order valence-electron chi connectivity index (χ3n) is 3.70. The maximum absolute atomic E-state index is 11.6. The topological polar surface area (TPSA) is 75.2 Å². The van der Waals surface area contributed by atoms with E-state index in [1.165, 1.54) is 0 Å². The van der Waals surface area contributed by atoms with Gasteiger partial charge in [0, 0.05) is 30.9 Å². The van der Waals surface area contributed by atoms with Crippen molar-refractivity contribution in [3.8, 4) is 0 Å². The van der Waals surface area contributed by atoms with Crippen molar-refractivity contribution in [1.82, 2.24) is 9.97 Å². The smallest absolute Gasteiger partial charge is 0.227 e. The first-order valence-electron chi connectivity index (χ1n) is 8.01. The number of aromatic nitrogens is 2. The van der Waals surface area contributed by atoms with E-state index in [-0.39, 0.29) is 17.5 Å². The van der Waals surface area contributed by atoms with Crippen molar-refractivity contribution in [3.63, 3.8) is 0 Å². The van der Waals surface area contributed by atoms with Crippen molar-refractivity contribution in [1.29, 1.82) is 0 Å². The minimum atomic E-state index is -2.89. The average molecular weight is 326 g/mol. The zero-order valence-electron chi connectivity index (χ0n) is 13.7. The molecule has 1 unspecified atom stereocenters. The molecule has 0 aromatic carbocycles. The fourth-order valence-electron chi connectivity index (χ4n) is 2.74. The summed E-state index contributed by atoms with van der Waals surface area (Å²) in [5.41, 5.74) is 0.894. The molecule has 124 valence electrons. The van der Waals surface area contributed by atoms with Gasteiger partial charge in [0.2, 0.25) is 5.95 Å². The van der Waals surface area contributed by atoms with Crippen LogP contribution < -0.4 is 10.2 Å².